The highest BCUT2D eigenvalue weighted by Crippen LogP contribution is 2.32. The second kappa shape index (κ2) is 10.2. The van der Waals surface area contributed by atoms with Gasteiger partial charge >= 0.3 is 18.1 Å². The molecule has 0 N–H and O–H groups in total. The Labute approximate surface area is 200 Å². The number of halogens is 3. The van der Waals surface area contributed by atoms with E-state index in [0.29, 0.717) is 11.1 Å². The van der Waals surface area contributed by atoms with Gasteiger partial charge in [-0.1, -0.05) is 18.2 Å². The van der Waals surface area contributed by atoms with E-state index in [0.717, 1.165) is 10.7 Å². The largest absolute Gasteiger partial charge is 0.473 e. The number of alkyl halides is 3. The lowest BCUT2D eigenvalue weighted by molar-refractivity contribution is -0.141. The fourth-order valence-electron chi connectivity index (χ4n) is 3.00. The Morgan fingerprint density at radius 1 is 0.943 bits per heavy atom. The summed E-state index contributed by atoms with van der Waals surface area (Å²) < 4.78 is 57.0. The van der Waals surface area contributed by atoms with E-state index in [1.54, 1.807) is 52.0 Å². The first-order valence-electron chi connectivity index (χ1n) is 10.8. The van der Waals surface area contributed by atoms with Crippen molar-refractivity contribution in [2.24, 2.45) is 0 Å². The van der Waals surface area contributed by atoms with E-state index in [9.17, 15) is 22.8 Å². The maximum absolute atomic E-state index is 13.4. The molecule has 0 saturated carbocycles. The molecule has 0 aliphatic carbocycles. The average molecular weight is 490 g/mol. The van der Waals surface area contributed by atoms with Crippen molar-refractivity contribution in [3.05, 3.63) is 77.0 Å². The molecule has 0 radical (unpaired) electrons. The van der Waals surface area contributed by atoms with Crippen molar-refractivity contribution in [3.8, 4) is 11.6 Å². The molecule has 0 aliphatic heterocycles. The van der Waals surface area contributed by atoms with E-state index in [-0.39, 0.29) is 30.3 Å². The highest BCUT2D eigenvalue weighted by atomic mass is 19.4. The van der Waals surface area contributed by atoms with Gasteiger partial charge in [0.15, 0.2) is 5.69 Å². The third kappa shape index (κ3) is 6.84. The summed E-state index contributed by atoms with van der Waals surface area (Å²) in [7, 11) is 0. The molecule has 7 nitrogen and oxygen atoms in total. The highest BCUT2D eigenvalue weighted by molar-refractivity contribution is 5.90. The van der Waals surface area contributed by atoms with E-state index in [1.807, 2.05) is 0 Å². The quantitative estimate of drug-likeness (QED) is 0.401. The molecular formula is C25H25F3N2O5. The number of carbonyl (C=O) groups excluding carboxylic acids is 2. The zero-order valence-corrected chi connectivity index (χ0v) is 19.7. The zero-order chi connectivity index (χ0) is 25.8. The van der Waals surface area contributed by atoms with Crippen LogP contribution >= 0.6 is 0 Å². The molecule has 0 unspecified atom stereocenters. The Hall–Kier alpha value is -3.82. The SMILES string of the molecule is CCOC(=O)c1cccc(-n2nc(C(F)(F)F)cc2OCc2ccc(C(=O)OC(C)(C)C)cc2)c1. The van der Waals surface area contributed by atoms with Crippen LogP contribution in [0, 0.1) is 0 Å². The Morgan fingerprint density at radius 3 is 2.23 bits per heavy atom. The van der Waals surface area contributed by atoms with Gasteiger partial charge in [0.2, 0.25) is 5.88 Å². The van der Waals surface area contributed by atoms with Gasteiger partial charge in [0, 0.05) is 6.07 Å². The number of nitrogens with zero attached hydrogens (tertiary/aromatic N) is 2. The molecule has 0 atom stereocenters. The predicted molar refractivity (Wildman–Crippen MR) is 120 cm³/mol. The Morgan fingerprint density at radius 2 is 1.63 bits per heavy atom. The molecule has 35 heavy (non-hydrogen) atoms. The molecule has 1 heterocycles. The van der Waals surface area contributed by atoms with Gasteiger partial charge in [-0.15, -0.1) is 0 Å². The molecule has 0 aliphatic rings. The molecular weight excluding hydrogens is 465 g/mol. The Balaban J connectivity index is 1.84. The van der Waals surface area contributed by atoms with Crippen molar-refractivity contribution < 1.29 is 37.0 Å². The van der Waals surface area contributed by atoms with E-state index < -0.39 is 29.4 Å². The summed E-state index contributed by atoms with van der Waals surface area (Å²) in [6.07, 6.45) is -4.70. The van der Waals surface area contributed by atoms with Crippen molar-refractivity contribution in [1.29, 1.82) is 0 Å². The smallest absolute Gasteiger partial charge is 0.435 e. The topological polar surface area (TPSA) is 79.7 Å². The molecule has 2 aromatic carbocycles. The first-order chi connectivity index (χ1) is 16.4. The summed E-state index contributed by atoms with van der Waals surface area (Å²) in [4.78, 5) is 24.2. The molecule has 0 bridgehead atoms. The molecule has 0 saturated heterocycles. The van der Waals surface area contributed by atoms with Gasteiger partial charge in [0.1, 0.15) is 12.2 Å². The maximum Gasteiger partial charge on any atom is 0.435 e. The first kappa shape index (κ1) is 25.8. The van der Waals surface area contributed by atoms with Crippen molar-refractivity contribution in [1.82, 2.24) is 9.78 Å². The van der Waals surface area contributed by atoms with Crippen molar-refractivity contribution in [2.75, 3.05) is 6.61 Å². The van der Waals surface area contributed by atoms with Gasteiger partial charge < -0.3 is 14.2 Å². The van der Waals surface area contributed by atoms with Crippen LogP contribution in [0.5, 0.6) is 5.88 Å². The molecule has 0 amide bonds. The molecule has 0 fully saturated rings. The lowest BCUT2D eigenvalue weighted by atomic mass is 10.1. The monoisotopic (exact) mass is 490 g/mol. The number of benzene rings is 2. The number of esters is 2. The van der Waals surface area contributed by atoms with Gasteiger partial charge in [-0.2, -0.15) is 18.3 Å². The summed E-state index contributed by atoms with van der Waals surface area (Å²) in [5.74, 6) is -1.26. The number of hydrogen-bond acceptors (Lipinski definition) is 6. The van der Waals surface area contributed by atoms with E-state index in [4.69, 9.17) is 14.2 Å². The second-order valence-electron chi connectivity index (χ2n) is 8.54. The lowest BCUT2D eigenvalue weighted by Crippen LogP contribution is -2.23. The predicted octanol–water partition coefficient (Wildman–Crippen LogP) is 5.60. The Kier molecular flexibility index (Phi) is 7.52. The van der Waals surface area contributed by atoms with Gasteiger partial charge in [-0.25, -0.2) is 14.3 Å². The third-order valence-corrected chi connectivity index (χ3v) is 4.54. The summed E-state index contributed by atoms with van der Waals surface area (Å²) in [6.45, 7) is 6.99. The normalized spacial score (nSPS) is 11.7. The summed E-state index contributed by atoms with van der Waals surface area (Å²) >= 11 is 0. The van der Waals surface area contributed by atoms with Crippen LogP contribution in [0.2, 0.25) is 0 Å². The van der Waals surface area contributed by atoms with E-state index >= 15 is 0 Å². The summed E-state index contributed by atoms with van der Waals surface area (Å²) in [6, 6.07) is 13.0. The number of carbonyl (C=O) groups is 2. The van der Waals surface area contributed by atoms with Crippen LogP contribution in [0.25, 0.3) is 5.69 Å². The number of ether oxygens (including phenoxy) is 3. The van der Waals surface area contributed by atoms with Crippen LogP contribution in [0.15, 0.2) is 54.6 Å². The van der Waals surface area contributed by atoms with Gasteiger partial charge in [-0.05, 0) is 63.6 Å². The summed E-state index contributed by atoms with van der Waals surface area (Å²) in [5, 5.41) is 3.64. The van der Waals surface area contributed by atoms with Crippen LogP contribution in [0.3, 0.4) is 0 Å². The molecule has 3 aromatic rings. The van der Waals surface area contributed by atoms with Crippen LogP contribution in [-0.4, -0.2) is 33.9 Å². The highest BCUT2D eigenvalue weighted by Gasteiger charge is 2.35. The third-order valence-electron chi connectivity index (χ3n) is 4.54. The molecule has 1 aromatic heterocycles. The van der Waals surface area contributed by atoms with E-state index in [1.165, 1.54) is 24.3 Å². The van der Waals surface area contributed by atoms with Gasteiger partial charge in [0.05, 0.1) is 23.4 Å². The fraction of sp³-hybridized carbons (Fsp3) is 0.320. The molecule has 186 valence electrons. The van der Waals surface area contributed by atoms with Crippen molar-refractivity contribution >= 4 is 11.9 Å². The standard InChI is InChI=1S/C25H25F3N2O5/c1-5-33-22(31)18-7-6-8-19(13-18)30-21(14-20(29-30)25(26,27)28)34-15-16-9-11-17(12-10-16)23(32)35-24(2,3)4/h6-14H,5,15H2,1-4H3. The first-order valence-corrected chi connectivity index (χ1v) is 10.8. The van der Waals surface area contributed by atoms with Crippen LogP contribution in [-0.2, 0) is 22.3 Å². The van der Waals surface area contributed by atoms with Gasteiger partial charge in [-0.3, -0.25) is 0 Å². The van der Waals surface area contributed by atoms with Crippen molar-refractivity contribution in [2.45, 2.75) is 46.1 Å². The van der Waals surface area contributed by atoms with Crippen LogP contribution < -0.4 is 4.74 Å². The van der Waals surface area contributed by atoms with Crippen molar-refractivity contribution in [3.63, 3.8) is 0 Å². The number of aromatic nitrogens is 2. The average Bonchev–Trinajstić information content (AvgIpc) is 3.22. The minimum atomic E-state index is -4.70. The summed E-state index contributed by atoms with van der Waals surface area (Å²) in [5.41, 5.74) is -0.478. The number of rotatable bonds is 7. The Bertz CT molecular complexity index is 1200. The lowest BCUT2D eigenvalue weighted by Gasteiger charge is -2.19. The molecule has 10 heteroatoms. The minimum Gasteiger partial charge on any atom is -0.473 e. The zero-order valence-electron chi connectivity index (χ0n) is 19.7. The van der Waals surface area contributed by atoms with E-state index in [2.05, 4.69) is 5.10 Å². The van der Waals surface area contributed by atoms with Crippen LogP contribution in [0.1, 0.15) is 59.7 Å². The molecule has 0 spiro atoms. The maximum atomic E-state index is 13.4. The van der Waals surface area contributed by atoms with Gasteiger partial charge in [0.25, 0.3) is 0 Å². The fourth-order valence-corrected chi connectivity index (χ4v) is 3.00. The van der Waals surface area contributed by atoms with Crippen LogP contribution in [0.4, 0.5) is 13.2 Å². The second-order valence-corrected chi connectivity index (χ2v) is 8.54. The minimum absolute atomic E-state index is 0.0881. The molecule has 3 rings (SSSR count). The number of hydrogen-bond donors (Lipinski definition) is 0.